The Labute approximate surface area is 225 Å². The van der Waals surface area contributed by atoms with Crippen LogP contribution in [-0.4, -0.2) is 45.0 Å². The molecule has 2 aromatic carbocycles. The zero-order valence-electron chi connectivity index (χ0n) is 22.3. The molecule has 2 heterocycles. The number of rotatable bonds is 8. The fourth-order valence-electron chi connectivity index (χ4n) is 4.71. The van der Waals surface area contributed by atoms with Gasteiger partial charge in [0.25, 0.3) is 5.91 Å². The molecule has 9 heteroatoms. The summed E-state index contributed by atoms with van der Waals surface area (Å²) in [4.78, 5) is 18.0. The SMILES string of the molecule is COc1cc(C(=O)NC[C@@](O)(c2cc(C(C)(C)O)cc(-c3ccc(F)cc3)n2)C2CC2)cc2cc(C)nnc12. The molecule has 5 rings (SSSR count). The molecule has 0 radical (unpaired) electrons. The van der Waals surface area contributed by atoms with Crippen LogP contribution in [0.15, 0.2) is 54.6 Å². The van der Waals surface area contributed by atoms with Gasteiger partial charge in [-0.15, -0.1) is 5.10 Å². The number of pyridine rings is 1. The number of hydrogen-bond donors (Lipinski definition) is 3. The molecule has 0 aliphatic heterocycles. The molecule has 0 spiro atoms. The summed E-state index contributed by atoms with van der Waals surface area (Å²) in [5.41, 5.74) is 0.945. The Kier molecular flexibility index (Phi) is 6.82. The number of ether oxygens (including phenoxy) is 1. The van der Waals surface area contributed by atoms with Crippen LogP contribution in [0, 0.1) is 18.7 Å². The van der Waals surface area contributed by atoms with Crippen LogP contribution in [-0.2, 0) is 11.2 Å². The van der Waals surface area contributed by atoms with Gasteiger partial charge >= 0.3 is 0 Å². The first-order valence-corrected chi connectivity index (χ1v) is 12.8. The summed E-state index contributed by atoms with van der Waals surface area (Å²) in [5, 5.41) is 34.6. The van der Waals surface area contributed by atoms with Crippen molar-refractivity contribution in [2.24, 2.45) is 5.92 Å². The topological polar surface area (TPSA) is 117 Å². The molecule has 0 bridgehead atoms. The van der Waals surface area contributed by atoms with Crippen LogP contribution < -0.4 is 10.1 Å². The summed E-state index contributed by atoms with van der Waals surface area (Å²) in [5.74, 6) is -0.456. The lowest BCUT2D eigenvalue weighted by molar-refractivity contribution is 0.00888. The number of aryl methyl sites for hydroxylation is 1. The van der Waals surface area contributed by atoms with Crippen molar-refractivity contribution in [2.75, 3.05) is 13.7 Å². The van der Waals surface area contributed by atoms with E-state index in [0.29, 0.717) is 50.4 Å². The smallest absolute Gasteiger partial charge is 0.251 e. The Bertz CT molecular complexity index is 1550. The average molecular weight is 531 g/mol. The van der Waals surface area contributed by atoms with Crippen molar-refractivity contribution >= 4 is 16.8 Å². The maximum atomic E-state index is 13.6. The van der Waals surface area contributed by atoms with Crippen LogP contribution in [0.25, 0.3) is 22.2 Å². The molecule has 1 atom stereocenters. The van der Waals surface area contributed by atoms with E-state index in [0.717, 1.165) is 12.8 Å². The fourth-order valence-corrected chi connectivity index (χ4v) is 4.71. The molecule has 1 amide bonds. The van der Waals surface area contributed by atoms with Gasteiger partial charge in [-0.25, -0.2) is 9.37 Å². The summed E-state index contributed by atoms with van der Waals surface area (Å²) in [6.45, 7) is 5.03. The average Bonchev–Trinajstić information content (AvgIpc) is 3.76. The lowest BCUT2D eigenvalue weighted by Gasteiger charge is -2.30. The molecule has 39 heavy (non-hydrogen) atoms. The fraction of sp³-hybridized carbons (Fsp3) is 0.333. The third-order valence-corrected chi connectivity index (χ3v) is 7.15. The molecule has 0 unspecified atom stereocenters. The van der Waals surface area contributed by atoms with Gasteiger partial charge in [0.05, 0.1) is 36.3 Å². The minimum absolute atomic E-state index is 0.0877. The zero-order chi connectivity index (χ0) is 27.9. The highest BCUT2D eigenvalue weighted by atomic mass is 19.1. The van der Waals surface area contributed by atoms with Gasteiger partial charge in [-0.05, 0) is 99.7 Å². The Morgan fingerprint density at radius 2 is 1.79 bits per heavy atom. The normalized spacial score (nSPS) is 15.2. The molecule has 1 fully saturated rings. The highest BCUT2D eigenvalue weighted by molar-refractivity contribution is 5.99. The lowest BCUT2D eigenvalue weighted by Crippen LogP contribution is -2.43. The number of carbonyl (C=O) groups excluding carboxylic acids is 1. The van der Waals surface area contributed by atoms with Gasteiger partial charge in [0.1, 0.15) is 22.7 Å². The zero-order valence-corrected chi connectivity index (χ0v) is 22.3. The minimum atomic E-state index is -1.48. The molecule has 8 nitrogen and oxygen atoms in total. The van der Waals surface area contributed by atoms with Gasteiger partial charge in [0, 0.05) is 16.5 Å². The van der Waals surface area contributed by atoms with Crippen molar-refractivity contribution in [1.29, 1.82) is 0 Å². The van der Waals surface area contributed by atoms with E-state index in [-0.39, 0.29) is 24.2 Å². The molecular formula is C30H31FN4O4. The van der Waals surface area contributed by atoms with Crippen LogP contribution in [0.2, 0.25) is 0 Å². The van der Waals surface area contributed by atoms with Gasteiger partial charge in [-0.1, -0.05) is 0 Å². The van der Waals surface area contributed by atoms with Gasteiger partial charge < -0.3 is 20.3 Å². The quantitative estimate of drug-likeness (QED) is 0.309. The van der Waals surface area contributed by atoms with E-state index < -0.39 is 11.2 Å². The summed E-state index contributed by atoms with van der Waals surface area (Å²) >= 11 is 0. The second-order valence-corrected chi connectivity index (χ2v) is 10.7. The molecule has 1 aliphatic rings. The van der Waals surface area contributed by atoms with Crippen LogP contribution in [0.4, 0.5) is 4.39 Å². The van der Waals surface area contributed by atoms with Gasteiger partial charge in [0.15, 0.2) is 0 Å². The molecule has 1 aliphatic carbocycles. The van der Waals surface area contributed by atoms with Crippen LogP contribution in [0.1, 0.15) is 54.0 Å². The van der Waals surface area contributed by atoms with E-state index in [1.54, 1.807) is 50.2 Å². The van der Waals surface area contributed by atoms with Crippen molar-refractivity contribution in [3.8, 4) is 17.0 Å². The lowest BCUT2D eigenvalue weighted by atomic mass is 9.88. The Morgan fingerprint density at radius 3 is 2.44 bits per heavy atom. The monoisotopic (exact) mass is 530 g/mol. The molecule has 0 saturated heterocycles. The number of halogens is 1. The first kappa shape index (κ1) is 26.6. The van der Waals surface area contributed by atoms with E-state index in [1.807, 2.05) is 13.0 Å². The van der Waals surface area contributed by atoms with Gasteiger partial charge in [-0.3, -0.25) is 4.79 Å². The number of amides is 1. The predicted octanol–water partition coefficient (Wildman–Crippen LogP) is 4.40. The molecule has 3 N–H and O–H groups in total. The number of nitrogens with one attached hydrogen (secondary N) is 1. The summed E-state index contributed by atoms with van der Waals surface area (Å²) in [6.07, 6.45) is 1.54. The predicted molar refractivity (Wildman–Crippen MR) is 145 cm³/mol. The van der Waals surface area contributed by atoms with E-state index in [9.17, 15) is 19.4 Å². The van der Waals surface area contributed by atoms with Crippen molar-refractivity contribution in [1.82, 2.24) is 20.5 Å². The number of aliphatic hydroxyl groups is 2. The van der Waals surface area contributed by atoms with Crippen LogP contribution >= 0.6 is 0 Å². The van der Waals surface area contributed by atoms with Crippen molar-refractivity contribution in [2.45, 2.75) is 44.8 Å². The maximum absolute atomic E-state index is 13.6. The standard InChI is InChI=1S/C30H31FN4O4/c1-17-11-19-12-20(13-25(39-4)27(19)35-34-17)28(36)32-16-30(38,21-7-8-21)26-15-22(29(2,3)37)14-24(33-26)18-5-9-23(31)10-6-18/h5-6,9-15,21,37-38H,7-8,16H2,1-4H3,(H,32,36)/t30-/m0/s1. The Hall–Kier alpha value is -3.95. The maximum Gasteiger partial charge on any atom is 0.251 e. The number of aromatic nitrogens is 3. The number of benzene rings is 2. The van der Waals surface area contributed by atoms with Gasteiger partial charge in [0.2, 0.25) is 0 Å². The third-order valence-electron chi connectivity index (χ3n) is 7.15. The molecule has 202 valence electrons. The highest BCUT2D eigenvalue weighted by Gasteiger charge is 2.47. The highest BCUT2D eigenvalue weighted by Crippen LogP contribution is 2.46. The van der Waals surface area contributed by atoms with Gasteiger partial charge in [-0.2, -0.15) is 5.10 Å². The van der Waals surface area contributed by atoms with Crippen LogP contribution in [0.5, 0.6) is 5.75 Å². The molecule has 2 aromatic heterocycles. The van der Waals surface area contributed by atoms with Crippen molar-refractivity contribution in [3.05, 3.63) is 82.9 Å². The molecule has 4 aromatic rings. The number of carbonyl (C=O) groups is 1. The summed E-state index contributed by atoms with van der Waals surface area (Å²) in [7, 11) is 1.50. The van der Waals surface area contributed by atoms with Crippen molar-refractivity contribution < 1.29 is 24.1 Å². The number of nitrogens with zero attached hydrogens (tertiary/aromatic N) is 3. The Morgan fingerprint density at radius 1 is 1.08 bits per heavy atom. The first-order chi connectivity index (χ1) is 18.5. The number of hydrogen-bond acceptors (Lipinski definition) is 7. The summed E-state index contributed by atoms with van der Waals surface area (Å²) in [6, 6.07) is 14.4. The number of methoxy groups -OCH3 is 1. The summed E-state index contributed by atoms with van der Waals surface area (Å²) < 4.78 is 19.0. The van der Waals surface area contributed by atoms with Crippen molar-refractivity contribution in [3.63, 3.8) is 0 Å². The minimum Gasteiger partial charge on any atom is -0.494 e. The van der Waals surface area contributed by atoms with Crippen LogP contribution in [0.3, 0.4) is 0 Å². The third kappa shape index (κ3) is 5.46. The second kappa shape index (κ2) is 9.98. The number of fused-ring (bicyclic) bond motifs is 1. The molecular weight excluding hydrogens is 499 g/mol. The van der Waals surface area contributed by atoms with E-state index >= 15 is 0 Å². The Balaban J connectivity index is 1.49. The second-order valence-electron chi connectivity index (χ2n) is 10.7. The largest absolute Gasteiger partial charge is 0.494 e. The van der Waals surface area contributed by atoms with E-state index in [2.05, 4.69) is 15.5 Å². The molecule has 1 saturated carbocycles. The van der Waals surface area contributed by atoms with E-state index in [1.165, 1.54) is 19.2 Å². The first-order valence-electron chi connectivity index (χ1n) is 12.8. The van der Waals surface area contributed by atoms with E-state index in [4.69, 9.17) is 9.72 Å².